The van der Waals surface area contributed by atoms with Crippen molar-refractivity contribution >= 4 is 23.4 Å². The van der Waals surface area contributed by atoms with Crippen LogP contribution in [0.2, 0.25) is 0 Å². The van der Waals surface area contributed by atoms with Gasteiger partial charge < -0.3 is 5.32 Å². The van der Waals surface area contributed by atoms with Gasteiger partial charge in [0.05, 0.1) is 0 Å². The van der Waals surface area contributed by atoms with Crippen LogP contribution in [-0.4, -0.2) is 11.7 Å². The first-order valence-electron chi connectivity index (χ1n) is 6.80. The second-order valence-corrected chi connectivity index (χ2v) is 6.09. The smallest absolute Gasteiger partial charge is 0.225 e. The first-order chi connectivity index (χ1) is 10.0. The Morgan fingerprint density at radius 1 is 1.14 bits per heavy atom. The molecule has 110 valence electrons. The lowest BCUT2D eigenvalue weighted by Gasteiger charge is -2.07. The van der Waals surface area contributed by atoms with E-state index < -0.39 is 0 Å². The van der Waals surface area contributed by atoms with Crippen molar-refractivity contribution in [1.82, 2.24) is 0 Å². The van der Waals surface area contributed by atoms with E-state index in [0.717, 1.165) is 16.8 Å². The minimum absolute atomic E-state index is 0.0520. The molecule has 0 spiro atoms. The summed E-state index contributed by atoms with van der Waals surface area (Å²) in [5, 5.41) is 2.88. The molecule has 0 heterocycles. The van der Waals surface area contributed by atoms with E-state index >= 15 is 0 Å². The zero-order valence-corrected chi connectivity index (χ0v) is 13.0. The van der Waals surface area contributed by atoms with Gasteiger partial charge in [0.15, 0.2) is 0 Å². The average molecular weight is 303 g/mol. The highest BCUT2D eigenvalue weighted by atomic mass is 32.2. The predicted octanol–water partition coefficient (Wildman–Crippen LogP) is 4.56. The Bertz CT molecular complexity index is 622. The van der Waals surface area contributed by atoms with E-state index in [1.54, 1.807) is 18.2 Å². The van der Waals surface area contributed by atoms with Gasteiger partial charge in [-0.1, -0.05) is 18.2 Å². The van der Waals surface area contributed by atoms with Gasteiger partial charge in [0.1, 0.15) is 5.82 Å². The highest BCUT2D eigenvalue weighted by Crippen LogP contribution is 2.22. The number of anilines is 1. The van der Waals surface area contributed by atoms with E-state index in [1.807, 2.05) is 26.0 Å². The van der Waals surface area contributed by atoms with Gasteiger partial charge >= 0.3 is 0 Å². The van der Waals surface area contributed by atoms with Crippen LogP contribution in [0.4, 0.5) is 10.1 Å². The lowest BCUT2D eigenvalue weighted by atomic mass is 10.1. The zero-order valence-electron chi connectivity index (χ0n) is 12.2. The number of thioether (sulfide) groups is 1. The molecule has 2 aromatic rings. The van der Waals surface area contributed by atoms with E-state index in [-0.39, 0.29) is 11.7 Å². The molecule has 0 aliphatic rings. The Balaban J connectivity index is 1.84. The number of aryl methyl sites for hydroxylation is 2. The van der Waals surface area contributed by atoms with Crippen LogP contribution in [0.5, 0.6) is 0 Å². The first kappa shape index (κ1) is 15.6. The molecule has 0 atom stereocenters. The predicted molar refractivity (Wildman–Crippen MR) is 86.3 cm³/mol. The van der Waals surface area contributed by atoms with E-state index in [2.05, 4.69) is 11.4 Å². The lowest BCUT2D eigenvalue weighted by Crippen LogP contribution is -2.12. The van der Waals surface area contributed by atoms with Gasteiger partial charge in [0, 0.05) is 22.8 Å². The summed E-state index contributed by atoms with van der Waals surface area (Å²) in [4.78, 5) is 12.5. The Hall–Kier alpha value is -1.81. The zero-order chi connectivity index (χ0) is 15.2. The molecular weight excluding hydrogens is 285 g/mol. The average Bonchev–Trinajstić information content (AvgIpc) is 2.39. The summed E-state index contributed by atoms with van der Waals surface area (Å²) in [7, 11) is 0. The number of rotatable bonds is 5. The number of hydrogen-bond donors (Lipinski definition) is 1. The number of benzene rings is 2. The van der Waals surface area contributed by atoms with Gasteiger partial charge in [-0.2, -0.15) is 0 Å². The molecule has 2 aromatic carbocycles. The van der Waals surface area contributed by atoms with Gasteiger partial charge in [-0.25, -0.2) is 4.39 Å². The van der Waals surface area contributed by atoms with Crippen molar-refractivity contribution in [2.24, 2.45) is 0 Å². The van der Waals surface area contributed by atoms with Crippen molar-refractivity contribution in [3.8, 4) is 0 Å². The molecule has 4 heteroatoms. The Kier molecular flexibility index (Phi) is 5.39. The van der Waals surface area contributed by atoms with E-state index in [4.69, 9.17) is 0 Å². The van der Waals surface area contributed by atoms with E-state index in [0.29, 0.717) is 17.1 Å². The third-order valence-electron chi connectivity index (χ3n) is 2.93. The largest absolute Gasteiger partial charge is 0.326 e. The summed E-state index contributed by atoms with van der Waals surface area (Å²) in [5.41, 5.74) is 3.05. The van der Waals surface area contributed by atoms with Gasteiger partial charge in [-0.05, 0) is 49.2 Å². The standard InChI is InChI=1S/C17H18FNOS/c1-12-9-13(2)11-14(10-12)19-17(20)7-8-21-16-6-4-3-5-15(16)18/h3-6,9-11H,7-8H2,1-2H3,(H,19,20). The molecule has 1 N–H and O–H groups in total. The second-order valence-electron chi connectivity index (χ2n) is 4.95. The molecule has 0 saturated heterocycles. The quantitative estimate of drug-likeness (QED) is 0.820. The first-order valence-corrected chi connectivity index (χ1v) is 7.78. The molecule has 0 saturated carbocycles. The monoisotopic (exact) mass is 303 g/mol. The summed E-state index contributed by atoms with van der Waals surface area (Å²) < 4.78 is 13.4. The summed E-state index contributed by atoms with van der Waals surface area (Å²) in [6.07, 6.45) is 0.353. The molecule has 0 aliphatic heterocycles. The number of hydrogen-bond acceptors (Lipinski definition) is 2. The SMILES string of the molecule is Cc1cc(C)cc(NC(=O)CCSc2ccccc2F)c1. The van der Waals surface area contributed by atoms with Crippen molar-refractivity contribution in [3.63, 3.8) is 0 Å². The van der Waals surface area contributed by atoms with Crippen molar-refractivity contribution in [2.45, 2.75) is 25.2 Å². The van der Waals surface area contributed by atoms with Gasteiger partial charge in [-0.15, -0.1) is 11.8 Å². The fraction of sp³-hybridized carbons (Fsp3) is 0.235. The summed E-state index contributed by atoms with van der Waals surface area (Å²) >= 11 is 1.36. The highest BCUT2D eigenvalue weighted by Gasteiger charge is 2.06. The fourth-order valence-corrected chi connectivity index (χ4v) is 2.97. The van der Waals surface area contributed by atoms with E-state index in [1.165, 1.54) is 17.8 Å². The van der Waals surface area contributed by atoms with Crippen LogP contribution in [-0.2, 0) is 4.79 Å². The molecule has 0 radical (unpaired) electrons. The van der Waals surface area contributed by atoms with E-state index in [9.17, 15) is 9.18 Å². The van der Waals surface area contributed by atoms with Crippen molar-refractivity contribution in [1.29, 1.82) is 0 Å². The van der Waals surface area contributed by atoms with Gasteiger partial charge in [-0.3, -0.25) is 4.79 Å². The van der Waals surface area contributed by atoms with Gasteiger partial charge in [0.2, 0.25) is 5.91 Å². The van der Waals surface area contributed by atoms with Crippen LogP contribution in [0.25, 0.3) is 0 Å². The number of amides is 1. The fourth-order valence-electron chi connectivity index (χ4n) is 2.09. The maximum Gasteiger partial charge on any atom is 0.225 e. The van der Waals surface area contributed by atoms with Crippen molar-refractivity contribution in [3.05, 3.63) is 59.4 Å². The van der Waals surface area contributed by atoms with Gasteiger partial charge in [0.25, 0.3) is 0 Å². The molecule has 0 unspecified atom stereocenters. The topological polar surface area (TPSA) is 29.1 Å². The third-order valence-corrected chi connectivity index (χ3v) is 3.98. The molecule has 2 nitrogen and oxygen atoms in total. The molecule has 2 rings (SSSR count). The molecule has 0 fully saturated rings. The molecular formula is C17H18FNOS. The summed E-state index contributed by atoms with van der Waals surface area (Å²) in [6.45, 7) is 3.99. The van der Waals surface area contributed by atoms with Crippen molar-refractivity contribution < 1.29 is 9.18 Å². The van der Waals surface area contributed by atoms with Crippen LogP contribution < -0.4 is 5.32 Å². The van der Waals surface area contributed by atoms with Crippen LogP contribution in [0.15, 0.2) is 47.4 Å². The second kappa shape index (κ2) is 7.27. The number of nitrogens with one attached hydrogen (secondary N) is 1. The Morgan fingerprint density at radius 2 is 1.81 bits per heavy atom. The van der Waals surface area contributed by atoms with Crippen LogP contribution in [0, 0.1) is 19.7 Å². The minimum Gasteiger partial charge on any atom is -0.326 e. The Morgan fingerprint density at radius 3 is 2.48 bits per heavy atom. The molecule has 1 amide bonds. The maximum atomic E-state index is 13.4. The Labute approximate surface area is 128 Å². The summed E-state index contributed by atoms with van der Waals surface area (Å²) in [6, 6.07) is 12.5. The number of carbonyl (C=O) groups is 1. The third kappa shape index (κ3) is 4.90. The molecule has 0 aliphatic carbocycles. The highest BCUT2D eigenvalue weighted by molar-refractivity contribution is 7.99. The molecule has 0 aromatic heterocycles. The number of halogens is 1. The number of carbonyl (C=O) groups excluding carboxylic acids is 1. The minimum atomic E-state index is -0.239. The molecule has 21 heavy (non-hydrogen) atoms. The van der Waals surface area contributed by atoms with Crippen LogP contribution in [0.1, 0.15) is 17.5 Å². The lowest BCUT2D eigenvalue weighted by molar-refractivity contribution is -0.115. The van der Waals surface area contributed by atoms with Crippen LogP contribution in [0.3, 0.4) is 0 Å². The van der Waals surface area contributed by atoms with Crippen LogP contribution >= 0.6 is 11.8 Å². The van der Waals surface area contributed by atoms with Crippen molar-refractivity contribution in [2.75, 3.05) is 11.1 Å². The molecule has 0 bridgehead atoms. The summed E-state index contributed by atoms with van der Waals surface area (Å²) in [5.74, 6) is 0.262. The maximum absolute atomic E-state index is 13.4. The normalized spacial score (nSPS) is 10.4.